The molecule has 0 aromatic heterocycles. The van der Waals surface area contributed by atoms with Crippen molar-refractivity contribution in [2.24, 2.45) is 0 Å². The van der Waals surface area contributed by atoms with Crippen LogP contribution in [0.2, 0.25) is 0 Å². The third-order valence-corrected chi connectivity index (χ3v) is 2.55. The molecule has 0 unspecified atom stereocenters. The SMILES string of the molecule is CCCN(C)C(=O)CCSCC. The minimum atomic E-state index is 0.276. The third-order valence-electron chi connectivity index (χ3n) is 1.65. The molecule has 0 aliphatic heterocycles. The summed E-state index contributed by atoms with van der Waals surface area (Å²) in [5, 5.41) is 0. The van der Waals surface area contributed by atoms with Gasteiger partial charge in [-0.15, -0.1) is 0 Å². The largest absolute Gasteiger partial charge is 0.346 e. The number of rotatable bonds is 6. The Morgan fingerprint density at radius 2 is 2.08 bits per heavy atom. The zero-order valence-corrected chi connectivity index (χ0v) is 9.12. The van der Waals surface area contributed by atoms with Gasteiger partial charge < -0.3 is 4.90 Å². The van der Waals surface area contributed by atoms with Crippen molar-refractivity contribution in [2.75, 3.05) is 25.1 Å². The number of carbonyl (C=O) groups excluding carboxylic acids is 1. The average molecular weight is 189 g/mol. The van der Waals surface area contributed by atoms with E-state index in [-0.39, 0.29) is 5.91 Å². The normalized spacial score (nSPS) is 9.92. The van der Waals surface area contributed by atoms with E-state index in [4.69, 9.17) is 0 Å². The number of carbonyl (C=O) groups is 1. The summed E-state index contributed by atoms with van der Waals surface area (Å²) in [5.41, 5.74) is 0. The molecular weight excluding hydrogens is 170 g/mol. The van der Waals surface area contributed by atoms with Crippen molar-refractivity contribution in [1.29, 1.82) is 0 Å². The van der Waals surface area contributed by atoms with Gasteiger partial charge in [-0.05, 0) is 12.2 Å². The van der Waals surface area contributed by atoms with Crippen LogP contribution in [-0.2, 0) is 4.79 Å². The van der Waals surface area contributed by atoms with E-state index in [1.165, 1.54) is 0 Å². The topological polar surface area (TPSA) is 20.3 Å². The monoisotopic (exact) mass is 189 g/mol. The maximum Gasteiger partial charge on any atom is 0.223 e. The summed E-state index contributed by atoms with van der Waals surface area (Å²) in [5.74, 6) is 2.34. The number of amides is 1. The Morgan fingerprint density at radius 1 is 1.42 bits per heavy atom. The number of thioether (sulfide) groups is 1. The van der Waals surface area contributed by atoms with E-state index in [0.29, 0.717) is 6.42 Å². The van der Waals surface area contributed by atoms with Crippen molar-refractivity contribution in [3.8, 4) is 0 Å². The zero-order chi connectivity index (χ0) is 9.40. The molecule has 0 atom stereocenters. The van der Waals surface area contributed by atoms with Gasteiger partial charge >= 0.3 is 0 Å². The van der Waals surface area contributed by atoms with E-state index in [1.54, 1.807) is 0 Å². The highest BCUT2D eigenvalue weighted by atomic mass is 32.2. The van der Waals surface area contributed by atoms with Gasteiger partial charge in [-0.3, -0.25) is 4.79 Å². The summed E-state index contributed by atoms with van der Waals surface area (Å²) >= 11 is 1.82. The summed E-state index contributed by atoms with van der Waals surface area (Å²) in [6.07, 6.45) is 1.73. The molecule has 12 heavy (non-hydrogen) atoms. The maximum absolute atomic E-state index is 11.3. The molecule has 0 radical (unpaired) electrons. The lowest BCUT2D eigenvalue weighted by molar-refractivity contribution is -0.129. The highest BCUT2D eigenvalue weighted by Gasteiger charge is 2.05. The molecule has 0 saturated carbocycles. The summed E-state index contributed by atoms with van der Waals surface area (Å²) in [4.78, 5) is 13.1. The molecule has 1 amide bonds. The highest BCUT2D eigenvalue weighted by molar-refractivity contribution is 7.99. The van der Waals surface area contributed by atoms with Gasteiger partial charge in [0.1, 0.15) is 0 Å². The first-order valence-corrected chi connectivity index (χ1v) is 5.69. The van der Waals surface area contributed by atoms with Crippen molar-refractivity contribution in [2.45, 2.75) is 26.7 Å². The summed E-state index contributed by atoms with van der Waals surface area (Å²) in [7, 11) is 1.88. The second kappa shape index (κ2) is 7.47. The Bertz CT molecular complexity index is 128. The van der Waals surface area contributed by atoms with Crippen LogP contribution in [0.5, 0.6) is 0 Å². The van der Waals surface area contributed by atoms with Crippen molar-refractivity contribution < 1.29 is 4.79 Å². The highest BCUT2D eigenvalue weighted by Crippen LogP contribution is 2.02. The fourth-order valence-electron chi connectivity index (χ4n) is 0.955. The van der Waals surface area contributed by atoms with Crippen LogP contribution in [0.25, 0.3) is 0 Å². The molecule has 0 aliphatic carbocycles. The predicted octanol–water partition coefficient (Wildman–Crippen LogP) is 2.00. The second-order valence-electron chi connectivity index (χ2n) is 2.76. The first-order valence-electron chi connectivity index (χ1n) is 4.54. The molecule has 0 aromatic rings. The van der Waals surface area contributed by atoms with E-state index >= 15 is 0 Å². The van der Waals surface area contributed by atoms with Crippen molar-refractivity contribution >= 4 is 17.7 Å². The predicted molar refractivity (Wildman–Crippen MR) is 55.5 cm³/mol. The molecule has 0 aromatic carbocycles. The molecule has 0 bridgehead atoms. The first-order chi connectivity index (χ1) is 5.72. The lowest BCUT2D eigenvalue weighted by Crippen LogP contribution is -2.27. The second-order valence-corrected chi connectivity index (χ2v) is 4.16. The van der Waals surface area contributed by atoms with Gasteiger partial charge in [-0.2, -0.15) is 11.8 Å². The lowest BCUT2D eigenvalue weighted by atomic mass is 10.4. The molecule has 0 heterocycles. The number of nitrogens with zero attached hydrogens (tertiary/aromatic N) is 1. The van der Waals surface area contributed by atoms with E-state index < -0.39 is 0 Å². The zero-order valence-electron chi connectivity index (χ0n) is 8.30. The molecule has 0 rings (SSSR count). The van der Waals surface area contributed by atoms with Crippen molar-refractivity contribution in [1.82, 2.24) is 4.90 Å². The van der Waals surface area contributed by atoms with Crippen LogP contribution in [0.4, 0.5) is 0 Å². The summed E-state index contributed by atoms with van der Waals surface area (Å²) in [6.45, 7) is 5.09. The standard InChI is InChI=1S/C9H19NOS/c1-4-7-10(3)9(11)6-8-12-5-2/h4-8H2,1-3H3. The van der Waals surface area contributed by atoms with Crippen LogP contribution in [-0.4, -0.2) is 35.9 Å². The maximum atomic E-state index is 11.3. The number of hydrogen-bond acceptors (Lipinski definition) is 2. The van der Waals surface area contributed by atoms with Gasteiger partial charge in [0.25, 0.3) is 0 Å². The molecule has 2 nitrogen and oxygen atoms in total. The molecule has 0 saturated heterocycles. The molecule has 0 aliphatic rings. The van der Waals surface area contributed by atoms with Crippen LogP contribution in [0.1, 0.15) is 26.7 Å². The Labute approximate surface area is 79.7 Å². The molecule has 3 heteroatoms. The Morgan fingerprint density at radius 3 is 2.58 bits per heavy atom. The Hall–Kier alpha value is -0.180. The Balaban J connectivity index is 3.43. The average Bonchev–Trinajstić information content (AvgIpc) is 2.05. The van der Waals surface area contributed by atoms with E-state index in [0.717, 1.165) is 24.5 Å². The van der Waals surface area contributed by atoms with Gasteiger partial charge in [-0.25, -0.2) is 0 Å². The quantitative estimate of drug-likeness (QED) is 0.596. The van der Waals surface area contributed by atoms with Crippen LogP contribution < -0.4 is 0 Å². The van der Waals surface area contributed by atoms with E-state index in [1.807, 2.05) is 23.7 Å². The van der Waals surface area contributed by atoms with E-state index in [2.05, 4.69) is 13.8 Å². The van der Waals surface area contributed by atoms with Crippen LogP contribution >= 0.6 is 11.8 Å². The number of hydrogen-bond donors (Lipinski definition) is 0. The van der Waals surface area contributed by atoms with Gasteiger partial charge in [0.2, 0.25) is 5.91 Å². The van der Waals surface area contributed by atoms with Gasteiger partial charge in [0, 0.05) is 25.8 Å². The summed E-state index contributed by atoms with van der Waals surface area (Å²) in [6, 6.07) is 0. The van der Waals surface area contributed by atoms with E-state index in [9.17, 15) is 4.79 Å². The minimum absolute atomic E-state index is 0.276. The smallest absolute Gasteiger partial charge is 0.223 e. The van der Waals surface area contributed by atoms with Gasteiger partial charge in [0.05, 0.1) is 0 Å². The van der Waals surface area contributed by atoms with Crippen LogP contribution in [0.15, 0.2) is 0 Å². The van der Waals surface area contributed by atoms with Crippen molar-refractivity contribution in [3.05, 3.63) is 0 Å². The molecule has 0 fully saturated rings. The van der Waals surface area contributed by atoms with Crippen LogP contribution in [0.3, 0.4) is 0 Å². The Kier molecular flexibility index (Phi) is 7.36. The lowest BCUT2D eigenvalue weighted by Gasteiger charge is -2.15. The fraction of sp³-hybridized carbons (Fsp3) is 0.889. The van der Waals surface area contributed by atoms with Crippen molar-refractivity contribution in [3.63, 3.8) is 0 Å². The third kappa shape index (κ3) is 5.47. The molecule has 72 valence electrons. The van der Waals surface area contributed by atoms with Crippen LogP contribution in [0, 0.1) is 0 Å². The molecular formula is C9H19NOS. The summed E-state index contributed by atoms with van der Waals surface area (Å²) < 4.78 is 0. The minimum Gasteiger partial charge on any atom is -0.346 e. The molecule has 0 N–H and O–H groups in total. The van der Waals surface area contributed by atoms with Gasteiger partial charge in [-0.1, -0.05) is 13.8 Å². The molecule has 0 spiro atoms. The first kappa shape index (κ1) is 11.8. The fourth-order valence-corrected chi connectivity index (χ4v) is 1.56. The van der Waals surface area contributed by atoms with Gasteiger partial charge in [0.15, 0.2) is 0 Å².